The van der Waals surface area contributed by atoms with Gasteiger partial charge in [0.25, 0.3) is 0 Å². The number of nitrogens with zero attached hydrogens (tertiary/aromatic N) is 12. The van der Waals surface area contributed by atoms with E-state index in [-0.39, 0.29) is 0 Å². The van der Waals surface area contributed by atoms with Crippen LogP contribution in [0.2, 0.25) is 0 Å². The minimum atomic E-state index is 0.792. The molecule has 0 N–H and O–H groups in total. The fourth-order valence-corrected chi connectivity index (χ4v) is 6.61. The lowest BCUT2D eigenvalue weighted by atomic mass is 10.2. The van der Waals surface area contributed by atoms with Crippen LogP contribution in [-0.2, 0) is 0 Å². The molecule has 0 aliphatic heterocycles. The van der Waals surface area contributed by atoms with Crippen molar-refractivity contribution < 1.29 is 0 Å². The normalized spacial score (nSPS) is 9.67. The van der Waals surface area contributed by atoms with Crippen molar-refractivity contribution in [3.8, 4) is 0 Å². The molecule has 0 radical (unpaired) electrons. The Labute approximate surface area is 378 Å². The summed E-state index contributed by atoms with van der Waals surface area (Å²) in [5.74, 6) is 4.94. The Bertz CT molecular complexity index is 1660. The Balaban J connectivity index is 0.000000367. The van der Waals surface area contributed by atoms with E-state index in [1.54, 1.807) is 0 Å². The average Bonchev–Trinajstić information content (AvgIpc) is 3.06. The maximum Gasteiger partial charge on any atom is 0.129 e. The van der Waals surface area contributed by atoms with Crippen LogP contribution in [-0.4, -0.2) is 59.8 Å². The van der Waals surface area contributed by atoms with Gasteiger partial charge in [-0.2, -0.15) is 0 Å². The Kier molecular flexibility index (Phi) is 24.0. The van der Waals surface area contributed by atoms with Gasteiger partial charge >= 0.3 is 0 Å². The Hall–Kier alpha value is -6.30. The lowest BCUT2D eigenvalue weighted by Crippen LogP contribution is -1.97. The Morgan fingerprint density at radius 1 is 0.159 bits per heavy atom. The summed E-state index contributed by atoms with van der Waals surface area (Å²) in [7, 11) is 0. The molecular weight excluding hydrogens is 781 g/mol. The molecule has 336 valence electrons. The molecular formula is C51H72N12. The number of rotatable bonds is 0. The first-order valence-corrected chi connectivity index (χ1v) is 21.1. The molecule has 0 fully saturated rings. The zero-order valence-corrected chi connectivity index (χ0v) is 42.1. The van der Waals surface area contributed by atoms with Crippen molar-refractivity contribution in [2.24, 2.45) is 0 Å². The predicted octanol–water partition coefficient (Wildman–Crippen LogP) is 11.0. The minimum Gasteiger partial charge on any atom is -0.258 e. The van der Waals surface area contributed by atoms with Gasteiger partial charge in [-0.1, -0.05) is 0 Å². The van der Waals surface area contributed by atoms with Crippen LogP contribution in [0.15, 0.2) is 54.6 Å². The third-order valence-electron chi connectivity index (χ3n) is 7.93. The van der Waals surface area contributed by atoms with E-state index in [2.05, 4.69) is 117 Å². The molecule has 0 spiro atoms. The monoisotopic (exact) mass is 853 g/mol. The third-order valence-corrected chi connectivity index (χ3v) is 7.93. The number of aryl methyl sites for hydroxylation is 21. The second-order valence-electron chi connectivity index (χ2n) is 15.9. The maximum absolute atomic E-state index is 4.23. The molecule has 0 unspecified atom stereocenters. The fourth-order valence-electron chi connectivity index (χ4n) is 6.61. The van der Waals surface area contributed by atoms with Gasteiger partial charge in [0.2, 0.25) is 0 Å². The van der Waals surface area contributed by atoms with Crippen LogP contribution in [0.3, 0.4) is 0 Å². The molecule has 12 heteroatoms. The fraction of sp³-hybridized carbons (Fsp3) is 0.412. The van der Waals surface area contributed by atoms with Gasteiger partial charge in [0.15, 0.2) is 0 Å². The van der Waals surface area contributed by atoms with Crippen molar-refractivity contribution >= 4 is 0 Å². The van der Waals surface area contributed by atoms with E-state index in [1.165, 1.54) is 16.7 Å². The molecule has 0 aliphatic carbocycles. The molecule has 0 saturated carbocycles. The minimum absolute atomic E-state index is 0.792. The molecule has 7 aromatic heterocycles. The van der Waals surface area contributed by atoms with Crippen molar-refractivity contribution in [3.63, 3.8) is 0 Å². The van der Waals surface area contributed by atoms with Gasteiger partial charge in [-0.05, 0) is 217 Å². The lowest BCUT2D eigenvalue weighted by molar-refractivity contribution is 0.875. The molecule has 63 heavy (non-hydrogen) atoms. The highest BCUT2D eigenvalue weighted by Gasteiger charge is 1.95. The van der Waals surface area contributed by atoms with Crippen LogP contribution in [0.4, 0.5) is 0 Å². The molecule has 0 amide bonds. The molecule has 7 aromatic rings. The van der Waals surface area contributed by atoms with Gasteiger partial charge in [-0.3, -0.25) is 15.0 Å². The van der Waals surface area contributed by atoms with E-state index in [0.717, 1.165) is 103 Å². The van der Waals surface area contributed by atoms with Crippen LogP contribution in [0.5, 0.6) is 0 Å². The van der Waals surface area contributed by atoms with E-state index in [9.17, 15) is 0 Å². The molecule has 0 aromatic carbocycles. The summed E-state index contributed by atoms with van der Waals surface area (Å²) in [6.07, 6.45) is 0. The molecule has 7 heterocycles. The molecule has 0 aliphatic rings. The van der Waals surface area contributed by atoms with Crippen molar-refractivity contribution in [2.75, 3.05) is 0 Å². The Morgan fingerprint density at radius 2 is 0.286 bits per heavy atom. The van der Waals surface area contributed by atoms with Gasteiger partial charge in [0, 0.05) is 68.3 Å². The van der Waals surface area contributed by atoms with Crippen LogP contribution in [0.1, 0.15) is 120 Å². The first-order chi connectivity index (χ1) is 29.3. The summed E-state index contributed by atoms with van der Waals surface area (Å²) in [5.41, 5.74) is 16.8. The van der Waals surface area contributed by atoms with Gasteiger partial charge in [-0.15, -0.1) is 0 Å². The van der Waals surface area contributed by atoms with Crippen LogP contribution < -0.4 is 0 Å². The number of hydrogen-bond acceptors (Lipinski definition) is 12. The summed E-state index contributed by atoms with van der Waals surface area (Å²) in [6.45, 7) is 41.5. The average molecular weight is 853 g/mol. The van der Waals surface area contributed by atoms with E-state index in [1.807, 2.05) is 143 Å². The molecule has 12 nitrogen and oxygen atoms in total. The quantitative estimate of drug-likeness (QED) is 0.143. The van der Waals surface area contributed by atoms with Gasteiger partial charge < -0.3 is 0 Å². The van der Waals surface area contributed by atoms with Gasteiger partial charge in [-0.25, -0.2) is 44.9 Å². The first kappa shape index (κ1) is 54.7. The second-order valence-corrected chi connectivity index (χ2v) is 15.9. The van der Waals surface area contributed by atoms with E-state index < -0.39 is 0 Å². The highest BCUT2D eigenvalue weighted by Crippen LogP contribution is 2.04. The topological polar surface area (TPSA) is 155 Å². The third kappa shape index (κ3) is 26.6. The Morgan fingerprint density at radius 3 is 0.413 bits per heavy atom. The molecule has 0 saturated heterocycles. The van der Waals surface area contributed by atoms with Crippen LogP contribution >= 0.6 is 0 Å². The highest BCUT2D eigenvalue weighted by atomic mass is 15.0. The smallest absolute Gasteiger partial charge is 0.129 e. The maximum atomic E-state index is 4.23. The number of hydrogen-bond donors (Lipinski definition) is 0. The van der Waals surface area contributed by atoms with Crippen molar-refractivity contribution in [1.82, 2.24) is 59.8 Å². The molecule has 0 atom stereocenters. The summed E-state index contributed by atoms with van der Waals surface area (Å²) in [6, 6.07) is 18.4. The van der Waals surface area contributed by atoms with Crippen molar-refractivity contribution in [2.45, 2.75) is 145 Å². The number of pyridine rings is 3. The highest BCUT2D eigenvalue weighted by molar-refractivity contribution is 5.20. The van der Waals surface area contributed by atoms with Gasteiger partial charge in [0.1, 0.15) is 34.9 Å². The molecule has 7 rings (SSSR count). The summed E-state index contributed by atoms with van der Waals surface area (Å²) in [4.78, 5) is 49.5. The van der Waals surface area contributed by atoms with Crippen molar-refractivity contribution in [3.05, 3.63) is 175 Å². The zero-order valence-electron chi connectivity index (χ0n) is 42.1. The summed E-state index contributed by atoms with van der Waals surface area (Å²) >= 11 is 0. The molecule has 0 bridgehead atoms. The second kappa shape index (κ2) is 27.6. The van der Waals surface area contributed by atoms with E-state index in [0.29, 0.717) is 0 Å². The van der Waals surface area contributed by atoms with Crippen LogP contribution in [0, 0.1) is 145 Å². The lowest BCUT2D eigenvalue weighted by Gasteiger charge is -1.96. The first-order valence-electron chi connectivity index (χ1n) is 21.1. The van der Waals surface area contributed by atoms with E-state index >= 15 is 0 Å². The summed E-state index contributed by atoms with van der Waals surface area (Å²) < 4.78 is 0. The van der Waals surface area contributed by atoms with Crippen molar-refractivity contribution in [1.29, 1.82) is 0 Å². The SMILES string of the molecule is Cc1cc(C)nc(C)c1.Cc1cc(C)nc(C)c1.Cc1cc(C)nc(C)c1.Cc1cc(C)nc(C)n1.Cc1cc(C)nc(C)n1.Cc1cc(C)nc(C)n1.Cc1nc(C)nc(C)n1. The largest absolute Gasteiger partial charge is 0.258 e. The zero-order chi connectivity index (χ0) is 48.0. The van der Waals surface area contributed by atoms with E-state index in [4.69, 9.17) is 0 Å². The number of aromatic nitrogens is 12. The predicted molar refractivity (Wildman–Crippen MR) is 258 cm³/mol. The summed E-state index contributed by atoms with van der Waals surface area (Å²) in [5, 5.41) is 0. The standard InChI is InChI=1S/3C8H11N.3C7H10N2.C6H9N3/c3*1-6-4-7(2)9-8(3)5-6;3*1-5-4-6(2)9-7(3)8-5;1-4-7-5(2)9-6(3)8-4/h3*4-5H,1-3H3;3*4H,1-3H3;1-3H3. The van der Waals surface area contributed by atoms with Crippen LogP contribution in [0.25, 0.3) is 0 Å². The van der Waals surface area contributed by atoms with Gasteiger partial charge in [0.05, 0.1) is 0 Å².